The van der Waals surface area contributed by atoms with E-state index in [4.69, 9.17) is 9.78 Å². The highest BCUT2D eigenvalue weighted by molar-refractivity contribution is 7.99. The van der Waals surface area contributed by atoms with E-state index in [2.05, 4.69) is 11.2 Å². The molecule has 1 aromatic heterocycles. The lowest BCUT2D eigenvalue weighted by molar-refractivity contribution is -0.130. The Labute approximate surface area is 153 Å². The van der Waals surface area contributed by atoms with E-state index in [-0.39, 0.29) is 11.9 Å². The van der Waals surface area contributed by atoms with Crippen molar-refractivity contribution in [2.45, 2.75) is 46.0 Å². The minimum Gasteiger partial charge on any atom is -0.361 e. The van der Waals surface area contributed by atoms with Crippen molar-refractivity contribution in [3.63, 3.8) is 0 Å². The first kappa shape index (κ1) is 19.1. The maximum Gasteiger partial charge on any atom is 0.233 e. The number of carbonyl (C=O) groups is 1. The van der Waals surface area contributed by atoms with Gasteiger partial charge in [-0.3, -0.25) is 4.79 Å². The van der Waals surface area contributed by atoms with Crippen LogP contribution in [0.1, 0.15) is 42.0 Å². The van der Waals surface area contributed by atoms with Gasteiger partial charge in [0.05, 0.1) is 23.1 Å². The molecule has 25 heavy (non-hydrogen) atoms. The molecule has 0 fully saturated rings. The summed E-state index contributed by atoms with van der Waals surface area (Å²) in [6, 6.07) is 9.59. The van der Waals surface area contributed by atoms with Gasteiger partial charge in [-0.1, -0.05) is 17.3 Å². The second-order valence-corrected chi connectivity index (χ2v) is 7.21. The molecule has 0 atom stereocenters. The summed E-state index contributed by atoms with van der Waals surface area (Å²) in [5.41, 5.74) is 3.61. The molecule has 0 saturated carbocycles. The van der Waals surface area contributed by atoms with Crippen LogP contribution in [0.4, 0.5) is 0 Å². The minimum absolute atomic E-state index is 0.108. The first-order chi connectivity index (χ1) is 11.9. The molecule has 1 heterocycles. The molecular formula is C19H23N3O2S. The van der Waals surface area contributed by atoms with Crippen molar-refractivity contribution in [3.05, 3.63) is 52.4 Å². The van der Waals surface area contributed by atoms with Crippen LogP contribution in [0.5, 0.6) is 0 Å². The van der Waals surface area contributed by atoms with Gasteiger partial charge in [0.25, 0.3) is 0 Å². The number of thioether (sulfide) groups is 1. The van der Waals surface area contributed by atoms with Crippen LogP contribution in [-0.4, -0.2) is 27.8 Å². The SMILES string of the molecule is Cc1noc(C)c1CSCC(=O)N(Cc1ccc(C#N)cc1)C(C)C. The van der Waals surface area contributed by atoms with E-state index >= 15 is 0 Å². The first-order valence-corrected chi connectivity index (χ1v) is 9.35. The van der Waals surface area contributed by atoms with Crippen LogP contribution in [0.15, 0.2) is 28.8 Å². The molecule has 0 bridgehead atoms. The van der Waals surface area contributed by atoms with Crippen molar-refractivity contribution in [1.29, 1.82) is 5.26 Å². The second-order valence-electron chi connectivity index (χ2n) is 6.22. The minimum atomic E-state index is 0.108. The fraction of sp³-hybridized carbons (Fsp3) is 0.421. The summed E-state index contributed by atoms with van der Waals surface area (Å²) >= 11 is 1.58. The van der Waals surface area contributed by atoms with E-state index in [9.17, 15) is 4.79 Å². The average molecular weight is 357 g/mol. The average Bonchev–Trinajstić information content (AvgIpc) is 2.91. The largest absolute Gasteiger partial charge is 0.361 e. The molecule has 0 N–H and O–H groups in total. The number of aryl methyl sites for hydroxylation is 2. The smallest absolute Gasteiger partial charge is 0.233 e. The number of benzene rings is 1. The highest BCUT2D eigenvalue weighted by atomic mass is 32.2. The summed E-state index contributed by atoms with van der Waals surface area (Å²) < 4.78 is 5.15. The lowest BCUT2D eigenvalue weighted by Crippen LogP contribution is -2.37. The number of nitrogens with zero attached hydrogens (tertiary/aromatic N) is 3. The fourth-order valence-corrected chi connectivity index (χ4v) is 3.53. The Kier molecular flexibility index (Phi) is 6.65. The van der Waals surface area contributed by atoms with Gasteiger partial charge in [-0.15, -0.1) is 11.8 Å². The van der Waals surface area contributed by atoms with Crippen LogP contribution in [0.2, 0.25) is 0 Å². The molecule has 0 aliphatic carbocycles. The van der Waals surface area contributed by atoms with Crippen molar-refractivity contribution in [3.8, 4) is 6.07 Å². The van der Waals surface area contributed by atoms with E-state index in [0.29, 0.717) is 17.9 Å². The first-order valence-electron chi connectivity index (χ1n) is 8.20. The Morgan fingerprint density at radius 1 is 1.32 bits per heavy atom. The Balaban J connectivity index is 1.94. The molecule has 132 valence electrons. The topological polar surface area (TPSA) is 70.1 Å². The summed E-state index contributed by atoms with van der Waals surface area (Å²) in [5, 5.41) is 12.8. The zero-order chi connectivity index (χ0) is 18.4. The summed E-state index contributed by atoms with van der Waals surface area (Å²) in [4.78, 5) is 14.5. The molecular weight excluding hydrogens is 334 g/mol. The molecule has 0 saturated heterocycles. The lowest BCUT2D eigenvalue weighted by atomic mass is 10.1. The monoisotopic (exact) mass is 357 g/mol. The maximum atomic E-state index is 12.6. The molecule has 2 rings (SSSR count). The quantitative estimate of drug-likeness (QED) is 0.753. The van der Waals surface area contributed by atoms with Crippen LogP contribution < -0.4 is 0 Å². The molecule has 1 aromatic carbocycles. The molecule has 0 unspecified atom stereocenters. The molecule has 0 radical (unpaired) electrons. The van der Waals surface area contributed by atoms with Crippen LogP contribution in [0, 0.1) is 25.2 Å². The zero-order valence-electron chi connectivity index (χ0n) is 15.1. The number of aromatic nitrogens is 1. The molecule has 5 nitrogen and oxygen atoms in total. The molecule has 1 amide bonds. The summed E-state index contributed by atoms with van der Waals surface area (Å²) in [6.07, 6.45) is 0. The number of carbonyl (C=O) groups excluding carboxylic acids is 1. The van der Waals surface area contributed by atoms with Crippen LogP contribution in [0.3, 0.4) is 0 Å². The number of rotatable bonds is 7. The van der Waals surface area contributed by atoms with Gasteiger partial charge in [-0.2, -0.15) is 5.26 Å². The molecule has 0 aliphatic rings. The van der Waals surface area contributed by atoms with E-state index in [1.807, 2.05) is 44.7 Å². The van der Waals surface area contributed by atoms with Gasteiger partial charge in [0.1, 0.15) is 5.76 Å². The van der Waals surface area contributed by atoms with Crippen molar-refractivity contribution in [2.24, 2.45) is 0 Å². The van der Waals surface area contributed by atoms with Gasteiger partial charge in [0, 0.05) is 23.9 Å². The van der Waals surface area contributed by atoms with Crippen LogP contribution in [0.25, 0.3) is 0 Å². The predicted molar refractivity (Wildman–Crippen MR) is 99.0 cm³/mol. The van der Waals surface area contributed by atoms with Crippen molar-refractivity contribution in [1.82, 2.24) is 10.1 Å². The third-order valence-corrected chi connectivity index (χ3v) is 4.98. The Morgan fingerprint density at radius 2 is 2.00 bits per heavy atom. The maximum absolute atomic E-state index is 12.6. The van der Waals surface area contributed by atoms with Gasteiger partial charge >= 0.3 is 0 Å². The predicted octanol–water partition coefficient (Wildman–Crippen LogP) is 3.83. The van der Waals surface area contributed by atoms with Gasteiger partial charge < -0.3 is 9.42 Å². The van der Waals surface area contributed by atoms with Crippen LogP contribution in [-0.2, 0) is 17.1 Å². The third kappa shape index (κ3) is 5.10. The summed E-state index contributed by atoms with van der Waals surface area (Å²) in [7, 11) is 0. The summed E-state index contributed by atoms with van der Waals surface area (Å²) in [5.74, 6) is 2.06. The number of amides is 1. The number of nitriles is 1. The van der Waals surface area contributed by atoms with Gasteiger partial charge in [0.2, 0.25) is 5.91 Å². The highest BCUT2D eigenvalue weighted by Gasteiger charge is 2.18. The van der Waals surface area contributed by atoms with Gasteiger partial charge in [-0.25, -0.2) is 0 Å². The molecule has 6 heteroatoms. The Morgan fingerprint density at radius 3 is 2.52 bits per heavy atom. The van der Waals surface area contributed by atoms with Gasteiger partial charge in [0.15, 0.2) is 0 Å². The molecule has 2 aromatic rings. The second kappa shape index (κ2) is 8.72. The number of hydrogen-bond donors (Lipinski definition) is 0. The molecule has 0 aliphatic heterocycles. The third-order valence-electron chi connectivity index (χ3n) is 4.03. The van der Waals surface area contributed by atoms with Crippen molar-refractivity contribution in [2.75, 3.05) is 5.75 Å². The van der Waals surface area contributed by atoms with Gasteiger partial charge in [-0.05, 0) is 45.4 Å². The van der Waals surface area contributed by atoms with Crippen molar-refractivity contribution >= 4 is 17.7 Å². The standard InChI is InChI=1S/C19H23N3O2S/c1-13(2)22(10-17-7-5-16(9-20)6-8-17)19(23)12-25-11-18-14(3)21-24-15(18)4/h5-8,13H,10-12H2,1-4H3. The van der Waals surface area contributed by atoms with E-state index in [1.165, 1.54) is 0 Å². The normalized spacial score (nSPS) is 10.7. The number of hydrogen-bond acceptors (Lipinski definition) is 5. The highest BCUT2D eigenvalue weighted by Crippen LogP contribution is 2.20. The summed E-state index contributed by atoms with van der Waals surface area (Å²) in [6.45, 7) is 8.39. The Bertz CT molecular complexity index is 740. The Hall–Kier alpha value is -2.26. The lowest BCUT2D eigenvalue weighted by Gasteiger charge is -2.27. The van der Waals surface area contributed by atoms with Crippen molar-refractivity contribution < 1.29 is 9.32 Å². The molecule has 0 spiro atoms. The zero-order valence-corrected chi connectivity index (χ0v) is 15.9. The van der Waals surface area contributed by atoms with E-state index < -0.39 is 0 Å². The van der Waals surface area contributed by atoms with E-state index in [1.54, 1.807) is 23.9 Å². The van der Waals surface area contributed by atoms with E-state index in [0.717, 1.165) is 28.3 Å². The van der Waals surface area contributed by atoms with Crippen LogP contribution >= 0.6 is 11.8 Å². The fourth-order valence-electron chi connectivity index (χ4n) is 2.47.